The van der Waals surface area contributed by atoms with Crippen LogP contribution in [0, 0.1) is 10.1 Å². The van der Waals surface area contributed by atoms with Gasteiger partial charge in [0.25, 0.3) is 5.91 Å². The Labute approximate surface area is 271 Å². The summed E-state index contributed by atoms with van der Waals surface area (Å²) in [7, 11) is 0. The van der Waals surface area contributed by atoms with Gasteiger partial charge in [-0.25, -0.2) is 0 Å². The lowest BCUT2D eigenvalue weighted by molar-refractivity contribution is -0.386. The van der Waals surface area contributed by atoms with Crippen molar-refractivity contribution >= 4 is 63.7 Å². The second-order valence-corrected chi connectivity index (χ2v) is 11.2. The summed E-state index contributed by atoms with van der Waals surface area (Å²) in [5, 5.41) is 20.6. The number of benzene rings is 2. The molecule has 13 nitrogen and oxygen atoms in total. The highest BCUT2D eigenvalue weighted by molar-refractivity contribution is 6.33. The summed E-state index contributed by atoms with van der Waals surface area (Å²) in [6.45, 7) is 3.73. The van der Waals surface area contributed by atoms with E-state index in [1.165, 1.54) is 12.1 Å². The Morgan fingerprint density at radius 1 is 1.11 bits per heavy atom. The van der Waals surface area contributed by atoms with Gasteiger partial charge < -0.3 is 35.1 Å². The zero-order chi connectivity index (χ0) is 32.3. The number of halogens is 2. The molecular formula is C30H37Cl2N5O8. The number of rotatable bonds is 15. The van der Waals surface area contributed by atoms with Gasteiger partial charge in [0.05, 0.1) is 34.5 Å². The van der Waals surface area contributed by atoms with Crippen LogP contribution in [0.2, 0.25) is 5.02 Å². The summed E-state index contributed by atoms with van der Waals surface area (Å²) < 4.78 is 17.5. The molecule has 1 atom stereocenters. The van der Waals surface area contributed by atoms with E-state index in [1.54, 1.807) is 30.0 Å². The summed E-state index contributed by atoms with van der Waals surface area (Å²) >= 11 is 12.0. The molecule has 2 aromatic carbocycles. The number of anilines is 3. The SMILES string of the molecule is CCC(=O)NCCN1C(=O)[C@@H](CCCCNC(=O)CCl)Oc2cc(Nc3cc(OC4CCOCC4)c([N+](=O)[O-])cc3Cl)ccc21. The third-order valence-corrected chi connectivity index (χ3v) is 7.92. The zero-order valence-corrected chi connectivity index (χ0v) is 26.5. The topological polar surface area (TPSA) is 161 Å². The Kier molecular flexibility index (Phi) is 12.5. The van der Waals surface area contributed by atoms with Crippen molar-refractivity contribution in [3.05, 3.63) is 45.5 Å². The van der Waals surface area contributed by atoms with Crippen LogP contribution in [-0.4, -0.2) is 73.6 Å². The van der Waals surface area contributed by atoms with Gasteiger partial charge in [0.2, 0.25) is 11.8 Å². The molecule has 2 aliphatic rings. The van der Waals surface area contributed by atoms with Crippen molar-refractivity contribution in [2.24, 2.45) is 0 Å². The van der Waals surface area contributed by atoms with Gasteiger partial charge in [-0.15, -0.1) is 11.6 Å². The lowest BCUT2D eigenvalue weighted by Gasteiger charge is -2.35. The summed E-state index contributed by atoms with van der Waals surface area (Å²) in [5.41, 5.74) is 1.27. The zero-order valence-electron chi connectivity index (χ0n) is 24.9. The molecule has 0 radical (unpaired) electrons. The van der Waals surface area contributed by atoms with Crippen molar-refractivity contribution in [3.8, 4) is 11.5 Å². The van der Waals surface area contributed by atoms with Crippen molar-refractivity contribution < 1.29 is 33.5 Å². The molecular weight excluding hydrogens is 629 g/mol. The van der Waals surface area contributed by atoms with E-state index in [-0.39, 0.29) is 59.3 Å². The normalized spacial score (nSPS) is 16.4. The molecule has 1 saturated heterocycles. The van der Waals surface area contributed by atoms with E-state index in [9.17, 15) is 24.5 Å². The maximum absolute atomic E-state index is 13.5. The molecule has 2 aromatic rings. The quantitative estimate of drug-likeness (QED) is 0.106. The number of amides is 3. The van der Waals surface area contributed by atoms with Gasteiger partial charge in [0.1, 0.15) is 17.7 Å². The number of carbonyl (C=O) groups excluding carboxylic acids is 3. The maximum Gasteiger partial charge on any atom is 0.312 e. The first-order chi connectivity index (χ1) is 21.7. The molecule has 244 valence electrons. The van der Waals surface area contributed by atoms with E-state index in [0.717, 1.165) is 0 Å². The van der Waals surface area contributed by atoms with Gasteiger partial charge in [-0.1, -0.05) is 18.5 Å². The fourth-order valence-electron chi connectivity index (χ4n) is 4.99. The molecule has 0 aliphatic carbocycles. The second kappa shape index (κ2) is 16.5. The molecule has 1 fully saturated rings. The van der Waals surface area contributed by atoms with Crippen molar-refractivity contribution in [2.75, 3.05) is 48.9 Å². The number of nitrogens with zero attached hydrogens (tertiary/aromatic N) is 2. The van der Waals surface area contributed by atoms with Gasteiger partial charge >= 0.3 is 5.69 Å². The first-order valence-corrected chi connectivity index (χ1v) is 15.8. The molecule has 0 unspecified atom stereocenters. The number of ether oxygens (including phenoxy) is 3. The maximum atomic E-state index is 13.5. The first-order valence-electron chi connectivity index (χ1n) is 14.9. The Morgan fingerprint density at radius 2 is 1.87 bits per heavy atom. The molecule has 0 bridgehead atoms. The van der Waals surface area contributed by atoms with Crippen LogP contribution in [0.5, 0.6) is 11.5 Å². The largest absolute Gasteiger partial charge is 0.483 e. The van der Waals surface area contributed by atoms with Gasteiger partial charge in [0, 0.05) is 62.8 Å². The summed E-state index contributed by atoms with van der Waals surface area (Å²) in [6, 6.07) is 7.96. The number of nitro groups is 1. The van der Waals surface area contributed by atoms with Crippen LogP contribution >= 0.6 is 23.2 Å². The predicted molar refractivity (Wildman–Crippen MR) is 170 cm³/mol. The van der Waals surface area contributed by atoms with Gasteiger partial charge in [-0.05, 0) is 31.4 Å². The van der Waals surface area contributed by atoms with Crippen LogP contribution in [-0.2, 0) is 19.1 Å². The molecule has 3 amide bonds. The van der Waals surface area contributed by atoms with Crippen molar-refractivity contribution in [2.45, 2.75) is 57.7 Å². The van der Waals surface area contributed by atoms with E-state index in [0.29, 0.717) is 81.1 Å². The van der Waals surface area contributed by atoms with Crippen LogP contribution in [0.4, 0.5) is 22.7 Å². The van der Waals surface area contributed by atoms with Crippen molar-refractivity contribution in [1.82, 2.24) is 10.6 Å². The Morgan fingerprint density at radius 3 is 2.58 bits per heavy atom. The van der Waals surface area contributed by atoms with Crippen molar-refractivity contribution in [3.63, 3.8) is 0 Å². The van der Waals surface area contributed by atoms with E-state index in [4.69, 9.17) is 37.4 Å². The standard InChI is InChI=1S/C30H37Cl2N5O8/c1-2-28(38)34-11-12-36-23-7-6-19(15-26(23)45-25(30(36)40)5-3-4-10-33-29(39)18-31)35-22-17-27(24(37(41)42)16-21(22)32)44-20-8-13-43-14-9-20/h6-7,15-17,20,25,35H,2-5,8-14,18H2,1H3,(H,33,39)(H,34,38)/t25-/m1/s1. The summed E-state index contributed by atoms with van der Waals surface area (Å²) in [5.74, 6) is -0.180. The minimum Gasteiger partial charge on any atom is -0.483 e. The second-order valence-electron chi connectivity index (χ2n) is 10.6. The number of fused-ring (bicyclic) bond motifs is 1. The molecule has 3 N–H and O–H groups in total. The Bertz CT molecular complexity index is 1390. The highest BCUT2D eigenvalue weighted by atomic mass is 35.5. The number of carbonyl (C=O) groups is 3. The molecule has 45 heavy (non-hydrogen) atoms. The third-order valence-electron chi connectivity index (χ3n) is 7.36. The lowest BCUT2D eigenvalue weighted by Crippen LogP contribution is -2.48. The third kappa shape index (κ3) is 9.35. The predicted octanol–water partition coefficient (Wildman–Crippen LogP) is 4.70. The smallest absolute Gasteiger partial charge is 0.312 e. The minimum absolute atomic E-state index is 0.0983. The molecule has 2 aliphatic heterocycles. The van der Waals surface area contributed by atoms with E-state index in [2.05, 4.69) is 16.0 Å². The fraction of sp³-hybridized carbons (Fsp3) is 0.500. The number of unbranched alkanes of at least 4 members (excludes halogenated alkanes) is 1. The van der Waals surface area contributed by atoms with Gasteiger partial charge in [-0.2, -0.15) is 0 Å². The molecule has 0 saturated carbocycles. The molecule has 4 rings (SSSR count). The van der Waals surface area contributed by atoms with Gasteiger partial charge in [-0.3, -0.25) is 24.5 Å². The van der Waals surface area contributed by atoms with Crippen molar-refractivity contribution in [1.29, 1.82) is 0 Å². The number of hydrogen-bond acceptors (Lipinski definition) is 9. The number of nitrogens with one attached hydrogen (secondary N) is 3. The monoisotopic (exact) mass is 665 g/mol. The van der Waals surface area contributed by atoms with Crippen LogP contribution in [0.25, 0.3) is 0 Å². The molecule has 2 heterocycles. The van der Waals surface area contributed by atoms with Crippen LogP contribution in [0.15, 0.2) is 30.3 Å². The highest BCUT2D eigenvalue weighted by Crippen LogP contribution is 2.41. The van der Waals surface area contributed by atoms with Crippen LogP contribution in [0.1, 0.15) is 45.4 Å². The molecule has 0 aromatic heterocycles. The molecule has 0 spiro atoms. The van der Waals surface area contributed by atoms with E-state index in [1.807, 2.05) is 0 Å². The Balaban J connectivity index is 1.54. The average molecular weight is 667 g/mol. The lowest BCUT2D eigenvalue weighted by atomic mass is 10.1. The number of hydrogen-bond donors (Lipinski definition) is 3. The molecule has 15 heteroatoms. The average Bonchev–Trinajstić information content (AvgIpc) is 3.03. The summed E-state index contributed by atoms with van der Waals surface area (Å²) in [4.78, 5) is 49.5. The van der Waals surface area contributed by atoms with Crippen LogP contribution in [0.3, 0.4) is 0 Å². The van der Waals surface area contributed by atoms with E-state index < -0.39 is 11.0 Å². The number of alkyl halides is 1. The van der Waals surface area contributed by atoms with Gasteiger partial charge in [0.15, 0.2) is 11.9 Å². The fourth-order valence-corrected chi connectivity index (χ4v) is 5.28. The Hall–Kier alpha value is -3.81. The highest BCUT2D eigenvalue weighted by Gasteiger charge is 2.34. The van der Waals surface area contributed by atoms with Crippen LogP contribution < -0.4 is 30.3 Å². The number of nitro benzene ring substituents is 1. The minimum atomic E-state index is -0.777. The summed E-state index contributed by atoms with van der Waals surface area (Å²) in [6.07, 6.45) is 2.22. The van der Waals surface area contributed by atoms with E-state index >= 15 is 0 Å². The first kappa shape index (κ1) is 34.1.